The monoisotopic (exact) mass is 433 g/mol. The highest BCUT2D eigenvalue weighted by molar-refractivity contribution is 7.89. The smallest absolute Gasteiger partial charge is 0.257 e. The van der Waals surface area contributed by atoms with Gasteiger partial charge in [-0.05, 0) is 43.2 Å². The second-order valence-corrected chi connectivity index (χ2v) is 9.14. The normalized spacial score (nSPS) is 16.1. The molecule has 9 heteroatoms. The van der Waals surface area contributed by atoms with Crippen LogP contribution in [-0.2, 0) is 10.0 Å². The lowest BCUT2D eigenvalue weighted by molar-refractivity contribution is 0.307. The number of benzene rings is 2. The minimum Gasteiger partial charge on any atom is -0.495 e. The molecule has 0 N–H and O–H groups in total. The lowest BCUT2D eigenvalue weighted by Crippen LogP contribution is -2.38. The highest BCUT2D eigenvalue weighted by Gasteiger charge is 2.32. The highest BCUT2D eigenvalue weighted by Crippen LogP contribution is 2.32. The van der Waals surface area contributed by atoms with Crippen molar-refractivity contribution in [2.24, 2.45) is 0 Å². The van der Waals surface area contributed by atoms with Crippen molar-refractivity contribution < 1.29 is 17.7 Å². The van der Waals surface area contributed by atoms with Gasteiger partial charge in [-0.2, -0.15) is 9.29 Å². The molecule has 0 unspecified atom stereocenters. The number of piperidine rings is 1. The van der Waals surface area contributed by atoms with Crippen LogP contribution in [0.15, 0.2) is 57.9 Å². The molecule has 1 aromatic heterocycles. The molecule has 0 amide bonds. The fourth-order valence-electron chi connectivity index (χ4n) is 3.41. The topological polar surface area (TPSA) is 85.5 Å². The van der Waals surface area contributed by atoms with E-state index in [1.807, 2.05) is 30.3 Å². The quantitative estimate of drug-likeness (QED) is 0.605. The minimum atomic E-state index is -3.62. The summed E-state index contributed by atoms with van der Waals surface area (Å²) in [5, 5.41) is 4.37. The predicted molar refractivity (Wildman–Crippen MR) is 108 cm³/mol. The molecule has 4 rings (SSSR count). The molecule has 0 atom stereocenters. The molecule has 152 valence electrons. The molecule has 0 saturated carbocycles. The largest absolute Gasteiger partial charge is 0.495 e. The van der Waals surface area contributed by atoms with Crippen LogP contribution in [0.25, 0.3) is 11.5 Å². The van der Waals surface area contributed by atoms with Gasteiger partial charge in [0.2, 0.25) is 10.0 Å². The second-order valence-electron chi connectivity index (χ2n) is 6.80. The van der Waals surface area contributed by atoms with Crippen molar-refractivity contribution in [1.82, 2.24) is 14.4 Å². The van der Waals surface area contributed by atoms with Gasteiger partial charge < -0.3 is 9.26 Å². The Morgan fingerprint density at radius 2 is 1.86 bits per heavy atom. The summed E-state index contributed by atoms with van der Waals surface area (Å²) in [6.07, 6.45) is 1.24. The van der Waals surface area contributed by atoms with Crippen LogP contribution in [-0.4, -0.2) is 43.1 Å². The lowest BCUT2D eigenvalue weighted by Gasteiger charge is -2.29. The maximum absolute atomic E-state index is 12.9. The Morgan fingerprint density at radius 1 is 1.14 bits per heavy atom. The molecule has 2 aromatic carbocycles. The van der Waals surface area contributed by atoms with Gasteiger partial charge in [0, 0.05) is 24.6 Å². The second kappa shape index (κ2) is 8.14. The van der Waals surface area contributed by atoms with Crippen molar-refractivity contribution in [3.8, 4) is 17.2 Å². The van der Waals surface area contributed by atoms with Crippen LogP contribution >= 0.6 is 11.6 Å². The summed E-state index contributed by atoms with van der Waals surface area (Å²) in [6, 6.07) is 14.1. The first-order valence-corrected chi connectivity index (χ1v) is 11.0. The molecule has 2 heterocycles. The maximum Gasteiger partial charge on any atom is 0.257 e. The van der Waals surface area contributed by atoms with E-state index in [0.717, 1.165) is 5.56 Å². The molecule has 0 radical (unpaired) electrons. The minimum absolute atomic E-state index is 0.0575. The summed E-state index contributed by atoms with van der Waals surface area (Å²) in [7, 11) is -2.14. The van der Waals surface area contributed by atoms with Crippen molar-refractivity contribution in [1.29, 1.82) is 0 Å². The van der Waals surface area contributed by atoms with Crippen molar-refractivity contribution in [2.45, 2.75) is 23.7 Å². The molecular weight excluding hydrogens is 414 g/mol. The number of ether oxygens (including phenoxy) is 1. The van der Waals surface area contributed by atoms with Crippen LogP contribution in [0.4, 0.5) is 0 Å². The van der Waals surface area contributed by atoms with Gasteiger partial charge >= 0.3 is 0 Å². The summed E-state index contributed by atoms with van der Waals surface area (Å²) >= 11 is 6.10. The Labute approximate surface area is 174 Å². The molecule has 3 aromatic rings. The standard InChI is InChI=1S/C20H20ClN3O4S/c1-27-18-8-7-16(13-17(18)21)29(25,26)24-11-9-14(10-12-24)19-22-20(28-23-19)15-5-3-2-4-6-15/h2-8,13-14H,9-12H2,1H3. The van der Waals surface area contributed by atoms with E-state index < -0.39 is 10.0 Å². The number of halogens is 1. The third-order valence-electron chi connectivity index (χ3n) is 5.04. The summed E-state index contributed by atoms with van der Waals surface area (Å²) < 4.78 is 37.8. The van der Waals surface area contributed by atoms with E-state index in [0.29, 0.717) is 43.4 Å². The van der Waals surface area contributed by atoms with E-state index in [-0.39, 0.29) is 15.8 Å². The van der Waals surface area contributed by atoms with Crippen molar-refractivity contribution in [2.75, 3.05) is 20.2 Å². The first kappa shape index (κ1) is 19.9. The lowest BCUT2D eigenvalue weighted by atomic mass is 9.97. The molecule has 1 aliphatic heterocycles. The molecule has 1 aliphatic rings. The van der Waals surface area contributed by atoms with E-state index in [2.05, 4.69) is 10.1 Å². The molecule has 29 heavy (non-hydrogen) atoms. The van der Waals surface area contributed by atoms with Crippen LogP contribution in [0.2, 0.25) is 5.02 Å². The van der Waals surface area contributed by atoms with Crippen LogP contribution in [0.5, 0.6) is 5.75 Å². The Hall–Kier alpha value is -2.42. The van der Waals surface area contributed by atoms with E-state index >= 15 is 0 Å². The molecular formula is C20H20ClN3O4S. The van der Waals surface area contributed by atoms with E-state index in [4.69, 9.17) is 20.9 Å². The van der Waals surface area contributed by atoms with Crippen LogP contribution in [0, 0.1) is 0 Å². The van der Waals surface area contributed by atoms with Crippen molar-refractivity contribution >= 4 is 21.6 Å². The van der Waals surface area contributed by atoms with Gasteiger partial charge in [0.15, 0.2) is 5.82 Å². The van der Waals surface area contributed by atoms with E-state index in [1.165, 1.54) is 23.5 Å². The van der Waals surface area contributed by atoms with Crippen LogP contribution in [0.3, 0.4) is 0 Å². The molecule has 1 saturated heterocycles. The van der Waals surface area contributed by atoms with E-state index in [9.17, 15) is 8.42 Å². The molecule has 0 bridgehead atoms. The molecule has 0 spiro atoms. The maximum atomic E-state index is 12.9. The van der Waals surface area contributed by atoms with Crippen LogP contribution < -0.4 is 4.74 Å². The van der Waals surface area contributed by atoms with Gasteiger partial charge in [-0.1, -0.05) is 35.0 Å². The zero-order valence-corrected chi connectivity index (χ0v) is 17.4. The highest BCUT2D eigenvalue weighted by atomic mass is 35.5. The average molecular weight is 434 g/mol. The third-order valence-corrected chi connectivity index (χ3v) is 7.23. The fourth-order valence-corrected chi connectivity index (χ4v) is 5.23. The van der Waals surface area contributed by atoms with Gasteiger partial charge in [0.1, 0.15) is 5.75 Å². The van der Waals surface area contributed by atoms with Crippen molar-refractivity contribution in [3.63, 3.8) is 0 Å². The Morgan fingerprint density at radius 3 is 2.52 bits per heavy atom. The Bertz CT molecular complexity index is 1090. The van der Waals surface area contributed by atoms with Crippen molar-refractivity contribution in [3.05, 3.63) is 59.4 Å². The number of hydrogen-bond acceptors (Lipinski definition) is 6. The van der Waals surface area contributed by atoms with Gasteiger partial charge in [-0.3, -0.25) is 0 Å². The Kier molecular flexibility index (Phi) is 5.58. The van der Waals surface area contributed by atoms with Gasteiger partial charge in [-0.25, -0.2) is 8.42 Å². The zero-order valence-electron chi connectivity index (χ0n) is 15.8. The first-order valence-electron chi connectivity index (χ1n) is 9.22. The number of nitrogens with zero attached hydrogens (tertiary/aromatic N) is 3. The number of aromatic nitrogens is 2. The number of hydrogen-bond donors (Lipinski definition) is 0. The van der Waals surface area contributed by atoms with E-state index in [1.54, 1.807) is 6.07 Å². The number of methoxy groups -OCH3 is 1. The van der Waals surface area contributed by atoms with Gasteiger partial charge in [-0.15, -0.1) is 0 Å². The summed E-state index contributed by atoms with van der Waals surface area (Å²) in [6.45, 7) is 0.762. The SMILES string of the molecule is COc1ccc(S(=O)(=O)N2CCC(c3noc(-c4ccccc4)n3)CC2)cc1Cl. The van der Waals surface area contributed by atoms with Crippen LogP contribution in [0.1, 0.15) is 24.6 Å². The first-order chi connectivity index (χ1) is 14.0. The summed E-state index contributed by atoms with van der Waals surface area (Å²) in [5.41, 5.74) is 0.864. The summed E-state index contributed by atoms with van der Waals surface area (Å²) in [5.74, 6) is 1.59. The zero-order chi connectivity index (χ0) is 20.4. The molecule has 7 nitrogen and oxygen atoms in total. The Balaban J connectivity index is 1.45. The number of rotatable bonds is 5. The summed E-state index contributed by atoms with van der Waals surface area (Å²) in [4.78, 5) is 4.66. The fraction of sp³-hybridized carbons (Fsp3) is 0.300. The predicted octanol–water partition coefficient (Wildman–Crippen LogP) is 3.97. The average Bonchev–Trinajstić information content (AvgIpc) is 3.25. The third kappa shape index (κ3) is 4.01. The molecule has 1 fully saturated rings. The molecule has 0 aliphatic carbocycles. The van der Waals surface area contributed by atoms with Gasteiger partial charge in [0.05, 0.1) is 17.0 Å². The number of sulfonamides is 1. The van der Waals surface area contributed by atoms with Gasteiger partial charge in [0.25, 0.3) is 5.89 Å².